The van der Waals surface area contributed by atoms with Crippen molar-refractivity contribution in [1.29, 1.82) is 0 Å². The van der Waals surface area contributed by atoms with Gasteiger partial charge in [-0.1, -0.05) is 0 Å². The SMILES string of the molecule is FCC(F)(F)O[C@](F)(Br)C(F)(F)F. The molecule has 13 heavy (non-hydrogen) atoms. The summed E-state index contributed by atoms with van der Waals surface area (Å²) in [5.41, 5.74) is 0. The van der Waals surface area contributed by atoms with Crippen LogP contribution in [-0.4, -0.2) is 23.7 Å². The van der Waals surface area contributed by atoms with E-state index in [1.54, 1.807) is 0 Å². The number of alkyl halides is 8. The summed E-state index contributed by atoms with van der Waals surface area (Å²) >= 11 is 1.22. The number of hydrogen-bond donors (Lipinski definition) is 0. The van der Waals surface area contributed by atoms with Crippen LogP contribution in [0, 0.1) is 0 Å². The minimum Gasteiger partial charge on any atom is -0.264 e. The van der Waals surface area contributed by atoms with Gasteiger partial charge in [0.1, 0.15) is 0 Å². The molecule has 0 N–H and O–H groups in total. The zero-order valence-corrected chi connectivity index (χ0v) is 7.23. The van der Waals surface area contributed by atoms with Gasteiger partial charge in [-0.25, -0.2) is 4.39 Å². The lowest BCUT2D eigenvalue weighted by molar-refractivity contribution is -0.372. The second kappa shape index (κ2) is 3.60. The van der Waals surface area contributed by atoms with Gasteiger partial charge in [0.2, 0.25) is 0 Å². The first-order valence-corrected chi connectivity index (χ1v) is 3.39. The highest BCUT2D eigenvalue weighted by Gasteiger charge is 2.60. The normalized spacial score (nSPS) is 18.5. The predicted molar refractivity (Wildman–Crippen MR) is 30.8 cm³/mol. The lowest BCUT2D eigenvalue weighted by atomic mass is 10.6. The molecule has 0 unspecified atom stereocenters. The first-order chi connectivity index (χ1) is 5.52. The van der Waals surface area contributed by atoms with Gasteiger partial charge in [0.25, 0.3) is 0 Å². The van der Waals surface area contributed by atoms with Crippen LogP contribution in [0.3, 0.4) is 0 Å². The van der Waals surface area contributed by atoms with Crippen LogP contribution in [0.25, 0.3) is 0 Å². The summed E-state index contributed by atoms with van der Waals surface area (Å²) < 4.78 is 79.4. The van der Waals surface area contributed by atoms with E-state index < -0.39 is 23.7 Å². The summed E-state index contributed by atoms with van der Waals surface area (Å²) in [4.78, 5) is 0. The average Bonchev–Trinajstić information content (AvgIpc) is 1.83. The molecule has 1 nitrogen and oxygen atoms in total. The summed E-state index contributed by atoms with van der Waals surface area (Å²) in [5, 5.41) is 0. The van der Waals surface area contributed by atoms with Crippen molar-refractivity contribution in [2.75, 3.05) is 6.67 Å². The van der Waals surface area contributed by atoms with Crippen LogP contribution in [0.2, 0.25) is 0 Å². The van der Waals surface area contributed by atoms with Crippen LogP contribution in [0.15, 0.2) is 0 Å². The first kappa shape index (κ1) is 12.9. The van der Waals surface area contributed by atoms with E-state index in [0.29, 0.717) is 0 Å². The Hall–Kier alpha value is -0.0500. The molecular formula is C4H2BrF7O. The van der Waals surface area contributed by atoms with Crippen molar-refractivity contribution in [2.45, 2.75) is 17.0 Å². The maximum absolute atomic E-state index is 12.2. The molecule has 0 fully saturated rings. The monoisotopic (exact) mass is 278 g/mol. The predicted octanol–water partition coefficient (Wildman–Crippen LogP) is 3.15. The van der Waals surface area contributed by atoms with Gasteiger partial charge in [-0.15, -0.1) is 0 Å². The standard InChI is InChI=1S/C4H2BrF7O/c5-3(9,4(10,11)12)13-2(7,8)1-6/h1H2/t3-/m0/s1. The fraction of sp³-hybridized carbons (Fsp3) is 1.00. The van der Waals surface area contributed by atoms with Crippen LogP contribution in [0.5, 0.6) is 0 Å². The van der Waals surface area contributed by atoms with Crippen molar-refractivity contribution in [3.05, 3.63) is 0 Å². The van der Waals surface area contributed by atoms with Crippen molar-refractivity contribution >= 4 is 15.9 Å². The molecule has 0 aliphatic heterocycles. The number of rotatable bonds is 3. The summed E-state index contributed by atoms with van der Waals surface area (Å²) in [5.74, 6) is 0. The molecule has 0 bridgehead atoms. The number of hydrogen-bond acceptors (Lipinski definition) is 1. The lowest BCUT2D eigenvalue weighted by Gasteiger charge is -2.25. The summed E-state index contributed by atoms with van der Waals surface area (Å²) in [6.07, 6.45) is -10.5. The topological polar surface area (TPSA) is 9.23 Å². The lowest BCUT2D eigenvalue weighted by Crippen LogP contribution is -2.44. The van der Waals surface area contributed by atoms with Gasteiger partial charge < -0.3 is 0 Å². The van der Waals surface area contributed by atoms with E-state index >= 15 is 0 Å². The Bertz CT molecular complexity index is 176. The van der Waals surface area contributed by atoms with Gasteiger partial charge >= 0.3 is 17.0 Å². The third-order valence-corrected chi connectivity index (χ3v) is 1.37. The number of ether oxygens (including phenoxy) is 1. The molecule has 0 spiro atoms. The summed E-state index contributed by atoms with van der Waals surface area (Å²) in [6.45, 7) is -2.56. The number of halogens is 8. The van der Waals surface area contributed by atoms with Crippen molar-refractivity contribution in [3.63, 3.8) is 0 Å². The second-order valence-electron chi connectivity index (χ2n) is 1.89. The minimum atomic E-state index is -5.72. The molecule has 0 saturated carbocycles. The van der Waals surface area contributed by atoms with Crippen molar-refractivity contribution in [3.8, 4) is 0 Å². The molecule has 0 aromatic heterocycles. The third kappa shape index (κ3) is 3.67. The Morgan fingerprint density at radius 3 is 1.62 bits per heavy atom. The fourth-order valence-electron chi connectivity index (χ4n) is 0.273. The highest BCUT2D eigenvalue weighted by atomic mass is 79.9. The van der Waals surface area contributed by atoms with E-state index in [1.165, 1.54) is 15.9 Å². The van der Waals surface area contributed by atoms with Gasteiger partial charge in [0.05, 0.1) is 0 Å². The van der Waals surface area contributed by atoms with Gasteiger partial charge in [0.15, 0.2) is 6.67 Å². The Kier molecular flexibility index (Phi) is 3.59. The maximum Gasteiger partial charge on any atom is 0.460 e. The van der Waals surface area contributed by atoms with Crippen LogP contribution in [-0.2, 0) is 4.74 Å². The van der Waals surface area contributed by atoms with Crippen molar-refractivity contribution in [2.24, 2.45) is 0 Å². The molecule has 0 aliphatic rings. The fourth-order valence-corrected chi connectivity index (χ4v) is 0.509. The molecule has 1 atom stereocenters. The molecule has 0 aromatic rings. The van der Waals surface area contributed by atoms with Gasteiger partial charge in [-0.3, -0.25) is 4.74 Å². The van der Waals surface area contributed by atoms with Gasteiger partial charge in [0, 0.05) is 0 Å². The van der Waals surface area contributed by atoms with Gasteiger partial charge in [-0.2, -0.15) is 26.3 Å². The molecule has 9 heteroatoms. The zero-order valence-electron chi connectivity index (χ0n) is 5.64. The van der Waals surface area contributed by atoms with Crippen molar-refractivity contribution < 1.29 is 35.5 Å². The Balaban J connectivity index is 4.52. The zero-order chi connectivity index (χ0) is 10.9. The highest BCUT2D eigenvalue weighted by molar-refractivity contribution is 9.10. The molecule has 80 valence electrons. The first-order valence-electron chi connectivity index (χ1n) is 2.60. The van der Waals surface area contributed by atoms with E-state index in [0.717, 1.165) is 0 Å². The van der Waals surface area contributed by atoms with Crippen LogP contribution in [0.1, 0.15) is 0 Å². The Morgan fingerprint density at radius 2 is 1.38 bits per heavy atom. The van der Waals surface area contributed by atoms with Crippen LogP contribution < -0.4 is 0 Å². The summed E-state index contributed by atoms with van der Waals surface area (Å²) in [6, 6.07) is 0. The smallest absolute Gasteiger partial charge is 0.264 e. The molecule has 0 rings (SSSR count). The van der Waals surface area contributed by atoms with E-state index in [9.17, 15) is 30.7 Å². The van der Waals surface area contributed by atoms with E-state index in [2.05, 4.69) is 4.74 Å². The molecule has 0 aromatic carbocycles. The second-order valence-corrected chi connectivity index (χ2v) is 2.91. The Morgan fingerprint density at radius 1 is 1.00 bits per heavy atom. The van der Waals surface area contributed by atoms with E-state index in [-0.39, 0.29) is 0 Å². The minimum absolute atomic E-state index is 1.22. The van der Waals surface area contributed by atoms with Crippen LogP contribution in [0.4, 0.5) is 30.7 Å². The molecule has 0 saturated heterocycles. The molecular weight excluding hydrogens is 277 g/mol. The van der Waals surface area contributed by atoms with Crippen LogP contribution >= 0.6 is 15.9 Å². The summed E-state index contributed by atoms with van der Waals surface area (Å²) in [7, 11) is 0. The van der Waals surface area contributed by atoms with E-state index in [1.807, 2.05) is 0 Å². The van der Waals surface area contributed by atoms with Gasteiger partial charge in [-0.05, 0) is 15.9 Å². The quantitative estimate of drug-likeness (QED) is 0.569. The van der Waals surface area contributed by atoms with E-state index in [4.69, 9.17) is 0 Å². The molecule has 0 amide bonds. The maximum atomic E-state index is 12.2. The largest absolute Gasteiger partial charge is 0.460 e. The third-order valence-electron chi connectivity index (χ3n) is 0.763. The average molecular weight is 279 g/mol. The molecule has 0 heterocycles. The molecule has 0 radical (unpaired) electrons. The molecule has 0 aliphatic carbocycles. The van der Waals surface area contributed by atoms with Crippen molar-refractivity contribution in [1.82, 2.24) is 0 Å². The highest BCUT2D eigenvalue weighted by Crippen LogP contribution is 2.43. The Labute approximate surface area is 76.0 Å².